The summed E-state index contributed by atoms with van der Waals surface area (Å²) >= 11 is 7.28. The Bertz CT molecular complexity index is 945. The number of hydrogen-bond acceptors (Lipinski definition) is 4. The highest BCUT2D eigenvalue weighted by molar-refractivity contribution is 7.98. The van der Waals surface area contributed by atoms with Gasteiger partial charge in [-0.25, -0.2) is 18.6 Å². The van der Waals surface area contributed by atoms with Gasteiger partial charge in [0.25, 0.3) is 0 Å². The quantitative estimate of drug-likeness (QED) is 0.457. The molecule has 0 bridgehead atoms. The Morgan fingerprint density at radius 3 is 2.54 bits per heavy atom. The van der Waals surface area contributed by atoms with Gasteiger partial charge in [0.1, 0.15) is 18.2 Å². The van der Waals surface area contributed by atoms with Crippen LogP contribution in [-0.2, 0) is 11.3 Å². The van der Waals surface area contributed by atoms with Crippen LogP contribution in [0.15, 0.2) is 53.8 Å². The maximum absolute atomic E-state index is 13.2. The van der Waals surface area contributed by atoms with E-state index in [-0.39, 0.29) is 23.1 Å². The van der Waals surface area contributed by atoms with E-state index in [2.05, 4.69) is 4.98 Å². The zero-order valence-electron chi connectivity index (χ0n) is 13.6. The predicted octanol–water partition coefficient (Wildman–Crippen LogP) is 4.88. The van der Waals surface area contributed by atoms with Gasteiger partial charge in [0.05, 0.1) is 11.2 Å². The highest BCUT2D eigenvalue weighted by Crippen LogP contribution is 2.23. The third kappa shape index (κ3) is 3.89. The average molecular weight is 395 g/mol. The van der Waals surface area contributed by atoms with Crippen molar-refractivity contribution in [2.24, 2.45) is 0 Å². The standard InChI is InChI=1S/C18H13ClF2N2O2S/c1-26-18-22-9-16(23(18)14-6-4-12(20)5-7-14)17(24)25-10-11-2-3-13(21)8-15(11)19/h2-9H,10H2,1H3. The minimum atomic E-state index is -0.623. The van der Waals surface area contributed by atoms with Gasteiger partial charge in [-0.3, -0.25) is 4.57 Å². The number of carbonyl (C=O) groups is 1. The van der Waals surface area contributed by atoms with Gasteiger partial charge < -0.3 is 4.74 Å². The van der Waals surface area contributed by atoms with Crippen LogP contribution in [0.25, 0.3) is 5.69 Å². The number of esters is 1. The van der Waals surface area contributed by atoms with Gasteiger partial charge in [-0.2, -0.15) is 0 Å². The smallest absolute Gasteiger partial charge is 0.357 e. The average Bonchev–Trinajstić information content (AvgIpc) is 3.05. The molecular formula is C18H13ClF2N2O2S. The normalized spacial score (nSPS) is 10.8. The number of rotatable bonds is 5. The number of hydrogen-bond donors (Lipinski definition) is 0. The molecule has 0 unspecified atom stereocenters. The molecule has 0 aliphatic rings. The molecule has 0 amide bonds. The van der Waals surface area contributed by atoms with Crippen LogP contribution in [0, 0.1) is 11.6 Å². The van der Waals surface area contributed by atoms with Gasteiger partial charge in [0, 0.05) is 11.3 Å². The van der Waals surface area contributed by atoms with E-state index in [0.29, 0.717) is 16.4 Å². The van der Waals surface area contributed by atoms with Crippen molar-refractivity contribution in [2.75, 3.05) is 6.26 Å². The molecule has 1 aromatic heterocycles. The van der Waals surface area contributed by atoms with Crippen LogP contribution < -0.4 is 0 Å². The zero-order chi connectivity index (χ0) is 18.7. The fraction of sp³-hybridized carbons (Fsp3) is 0.111. The first-order valence-electron chi connectivity index (χ1n) is 7.48. The van der Waals surface area contributed by atoms with Crippen molar-refractivity contribution in [1.29, 1.82) is 0 Å². The molecule has 8 heteroatoms. The van der Waals surface area contributed by atoms with Crippen LogP contribution in [0.3, 0.4) is 0 Å². The summed E-state index contributed by atoms with van der Waals surface area (Å²) in [6.07, 6.45) is 3.21. The summed E-state index contributed by atoms with van der Waals surface area (Å²) in [5, 5.41) is 0.734. The summed E-state index contributed by atoms with van der Waals surface area (Å²) in [4.78, 5) is 16.7. The fourth-order valence-corrected chi connectivity index (χ4v) is 3.08. The molecule has 134 valence electrons. The lowest BCUT2D eigenvalue weighted by Gasteiger charge is -2.11. The molecule has 4 nitrogen and oxygen atoms in total. The third-order valence-electron chi connectivity index (χ3n) is 3.58. The minimum absolute atomic E-state index is 0.110. The molecule has 0 N–H and O–H groups in total. The minimum Gasteiger partial charge on any atom is -0.456 e. The Morgan fingerprint density at radius 1 is 1.19 bits per heavy atom. The highest BCUT2D eigenvalue weighted by Gasteiger charge is 2.19. The topological polar surface area (TPSA) is 44.1 Å². The molecule has 0 spiro atoms. The molecule has 0 saturated carbocycles. The van der Waals surface area contributed by atoms with Crippen LogP contribution >= 0.6 is 23.4 Å². The Hall–Kier alpha value is -2.38. The molecule has 0 radical (unpaired) electrons. The molecule has 0 fully saturated rings. The van der Waals surface area contributed by atoms with E-state index in [1.807, 2.05) is 6.26 Å². The maximum atomic E-state index is 13.2. The number of ether oxygens (including phenoxy) is 1. The van der Waals surface area contributed by atoms with Gasteiger partial charge in [-0.05, 0) is 42.7 Å². The van der Waals surface area contributed by atoms with Crippen molar-refractivity contribution < 1.29 is 18.3 Å². The van der Waals surface area contributed by atoms with Crippen LogP contribution in [0.4, 0.5) is 8.78 Å². The molecule has 0 aliphatic carbocycles. The number of carbonyl (C=O) groups excluding carboxylic acids is 1. The predicted molar refractivity (Wildman–Crippen MR) is 95.8 cm³/mol. The highest BCUT2D eigenvalue weighted by atomic mass is 35.5. The van der Waals surface area contributed by atoms with E-state index in [9.17, 15) is 13.6 Å². The summed E-state index contributed by atoms with van der Waals surface area (Å²) in [5.74, 6) is -1.47. The van der Waals surface area contributed by atoms with Gasteiger partial charge in [0.15, 0.2) is 10.9 Å². The first kappa shape index (κ1) is 18.4. The van der Waals surface area contributed by atoms with E-state index in [1.165, 1.54) is 42.2 Å². The van der Waals surface area contributed by atoms with Crippen molar-refractivity contribution >= 4 is 29.3 Å². The number of thioether (sulfide) groups is 1. The summed E-state index contributed by atoms with van der Waals surface area (Å²) < 4.78 is 33.1. The van der Waals surface area contributed by atoms with Crippen molar-refractivity contribution in [3.05, 3.63) is 76.6 Å². The van der Waals surface area contributed by atoms with E-state index < -0.39 is 11.8 Å². The van der Waals surface area contributed by atoms with Crippen molar-refractivity contribution in [1.82, 2.24) is 9.55 Å². The SMILES string of the molecule is CSc1ncc(C(=O)OCc2ccc(F)cc2Cl)n1-c1ccc(F)cc1. The van der Waals surface area contributed by atoms with Crippen molar-refractivity contribution in [3.63, 3.8) is 0 Å². The van der Waals surface area contributed by atoms with E-state index in [1.54, 1.807) is 16.7 Å². The number of nitrogens with zero attached hydrogens (tertiary/aromatic N) is 2. The number of benzene rings is 2. The zero-order valence-corrected chi connectivity index (χ0v) is 15.2. The Morgan fingerprint density at radius 2 is 1.88 bits per heavy atom. The summed E-state index contributed by atoms with van der Waals surface area (Å²) in [5.41, 5.74) is 1.26. The Labute approximate surface area is 157 Å². The molecule has 3 rings (SSSR count). The van der Waals surface area contributed by atoms with Crippen LogP contribution in [0.2, 0.25) is 5.02 Å². The Balaban J connectivity index is 1.85. The fourth-order valence-electron chi connectivity index (χ4n) is 2.32. The number of imidazole rings is 1. The molecule has 0 aliphatic heterocycles. The summed E-state index contributed by atoms with van der Waals surface area (Å²) in [7, 11) is 0. The second-order valence-corrected chi connectivity index (χ2v) is 6.43. The van der Waals surface area contributed by atoms with Crippen LogP contribution in [0.5, 0.6) is 0 Å². The molecule has 3 aromatic rings. The van der Waals surface area contributed by atoms with E-state index in [0.717, 1.165) is 6.07 Å². The van der Waals surface area contributed by atoms with Crippen molar-refractivity contribution in [2.45, 2.75) is 11.8 Å². The lowest BCUT2D eigenvalue weighted by molar-refractivity contribution is 0.0462. The van der Waals surface area contributed by atoms with E-state index in [4.69, 9.17) is 16.3 Å². The first-order chi connectivity index (χ1) is 12.5. The second-order valence-electron chi connectivity index (χ2n) is 5.25. The third-order valence-corrected chi connectivity index (χ3v) is 4.58. The Kier molecular flexibility index (Phi) is 5.58. The summed E-state index contributed by atoms with van der Waals surface area (Å²) in [6.45, 7) is -0.110. The molecular weight excluding hydrogens is 382 g/mol. The molecule has 26 heavy (non-hydrogen) atoms. The van der Waals surface area contributed by atoms with Crippen LogP contribution in [0.1, 0.15) is 16.1 Å². The van der Waals surface area contributed by atoms with Crippen molar-refractivity contribution in [3.8, 4) is 5.69 Å². The monoisotopic (exact) mass is 394 g/mol. The van der Waals surface area contributed by atoms with Gasteiger partial charge in [-0.1, -0.05) is 29.4 Å². The number of halogens is 3. The van der Waals surface area contributed by atoms with Gasteiger partial charge in [-0.15, -0.1) is 0 Å². The molecule has 1 heterocycles. The second kappa shape index (κ2) is 7.88. The molecule has 0 saturated heterocycles. The van der Waals surface area contributed by atoms with Gasteiger partial charge in [0.2, 0.25) is 0 Å². The lowest BCUT2D eigenvalue weighted by Crippen LogP contribution is -2.12. The molecule has 0 atom stereocenters. The maximum Gasteiger partial charge on any atom is 0.357 e. The largest absolute Gasteiger partial charge is 0.456 e. The number of aromatic nitrogens is 2. The first-order valence-corrected chi connectivity index (χ1v) is 9.08. The van der Waals surface area contributed by atoms with Crippen LogP contribution in [-0.4, -0.2) is 21.8 Å². The molecule has 2 aromatic carbocycles. The lowest BCUT2D eigenvalue weighted by atomic mass is 10.2. The summed E-state index contributed by atoms with van der Waals surface area (Å²) in [6, 6.07) is 9.53. The van der Waals surface area contributed by atoms with Gasteiger partial charge >= 0.3 is 5.97 Å². The van der Waals surface area contributed by atoms with E-state index >= 15 is 0 Å².